The van der Waals surface area contributed by atoms with Gasteiger partial charge in [-0.25, -0.2) is 21.9 Å². The molecule has 1 aromatic rings. The van der Waals surface area contributed by atoms with Crippen molar-refractivity contribution < 1.29 is 22.3 Å². The highest BCUT2D eigenvalue weighted by Gasteiger charge is 2.23. The van der Waals surface area contributed by atoms with Gasteiger partial charge in [0.25, 0.3) is 0 Å². The van der Waals surface area contributed by atoms with E-state index in [0.29, 0.717) is 12.8 Å². The molecule has 0 spiro atoms. The third-order valence-electron chi connectivity index (χ3n) is 2.94. The third kappa shape index (κ3) is 4.50. The molecule has 0 amide bonds. The molecule has 114 valence electrons. The number of rotatable bonds is 7. The Morgan fingerprint density at radius 3 is 2.30 bits per heavy atom. The minimum absolute atomic E-state index is 0.0122. The minimum atomic E-state index is -4.21. The van der Waals surface area contributed by atoms with Crippen molar-refractivity contribution in [2.24, 2.45) is 5.41 Å². The van der Waals surface area contributed by atoms with Crippen molar-refractivity contribution in [3.8, 4) is 0 Å². The van der Waals surface area contributed by atoms with Crippen molar-refractivity contribution >= 4 is 10.0 Å². The van der Waals surface area contributed by atoms with E-state index in [4.69, 9.17) is 5.11 Å². The molecule has 1 aromatic carbocycles. The van der Waals surface area contributed by atoms with Gasteiger partial charge >= 0.3 is 0 Å². The van der Waals surface area contributed by atoms with Crippen molar-refractivity contribution in [1.29, 1.82) is 0 Å². The molecule has 0 radical (unpaired) electrons. The van der Waals surface area contributed by atoms with Crippen LogP contribution >= 0.6 is 0 Å². The first-order chi connectivity index (χ1) is 9.19. The quantitative estimate of drug-likeness (QED) is 0.758. The summed E-state index contributed by atoms with van der Waals surface area (Å²) in [5.74, 6) is -2.23. The number of hydrogen-bond donors (Lipinski definition) is 2. The highest BCUT2D eigenvalue weighted by atomic mass is 32.2. The zero-order chi connectivity index (χ0) is 15.4. The van der Waals surface area contributed by atoms with Crippen molar-refractivity contribution in [2.45, 2.75) is 31.6 Å². The minimum Gasteiger partial charge on any atom is -0.396 e. The zero-order valence-corrected chi connectivity index (χ0v) is 12.3. The number of aliphatic hydroxyl groups excluding tert-OH is 1. The average Bonchev–Trinajstić information content (AvgIpc) is 2.34. The lowest BCUT2D eigenvalue weighted by atomic mass is 9.89. The van der Waals surface area contributed by atoms with Gasteiger partial charge in [0, 0.05) is 13.2 Å². The number of hydrogen-bond acceptors (Lipinski definition) is 3. The maximum Gasteiger partial charge on any atom is 0.246 e. The summed E-state index contributed by atoms with van der Waals surface area (Å²) in [6, 6.07) is 2.90. The largest absolute Gasteiger partial charge is 0.396 e. The molecule has 0 aliphatic rings. The molecule has 20 heavy (non-hydrogen) atoms. The Kier molecular flexibility index (Phi) is 5.61. The maximum atomic E-state index is 13.4. The number of sulfonamides is 1. The molecule has 4 nitrogen and oxygen atoms in total. The standard InChI is InChI=1S/C13H19F2NO3S/c1-13(2,9-17)7-4-8-16-20(18,19)12-10(14)5-3-6-11(12)15/h3,5-6,16-17H,4,7-9H2,1-2H3. The van der Waals surface area contributed by atoms with E-state index >= 15 is 0 Å². The van der Waals surface area contributed by atoms with E-state index in [0.717, 1.165) is 18.2 Å². The number of aliphatic hydroxyl groups is 1. The summed E-state index contributed by atoms with van der Waals surface area (Å²) in [7, 11) is -4.21. The predicted molar refractivity (Wildman–Crippen MR) is 71.6 cm³/mol. The molecule has 0 heterocycles. The van der Waals surface area contributed by atoms with Crippen molar-refractivity contribution in [2.75, 3.05) is 13.2 Å². The highest BCUT2D eigenvalue weighted by Crippen LogP contribution is 2.21. The molecule has 0 aromatic heterocycles. The fourth-order valence-corrected chi connectivity index (χ4v) is 2.87. The molecule has 0 aliphatic carbocycles. The first-order valence-corrected chi connectivity index (χ1v) is 7.72. The Morgan fingerprint density at radius 1 is 1.25 bits per heavy atom. The molecular formula is C13H19F2NO3S. The topological polar surface area (TPSA) is 66.4 Å². The molecule has 0 aliphatic heterocycles. The van der Waals surface area contributed by atoms with Gasteiger partial charge in [-0.2, -0.15) is 0 Å². The molecule has 0 atom stereocenters. The molecular weight excluding hydrogens is 288 g/mol. The molecule has 0 bridgehead atoms. The van der Waals surface area contributed by atoms with Gasteiger partial charge < -0.3 is 5.11 Å². The van der Waals surface area contributed by atoms with E-state index in [-0.39, 0.29) is 18.6 Å². The Bertz CT molecular complexity index is 538. The molecule has 0 unspecified atom stereocenters. The molecule has 0 saturated carbocycles. The number of nitrogens with one attached hydrogen (secondary N) is 1. The molecule has 0 fully saturated rings. The summed E-state index contributed by atoms with van der Waals surface area (Å²) < 4.78 is 52.6. The average molecular weight is 307 g/mol. The van der Waals surface area contributed by atoms with Gasteiger partial charge in [-0.05, 0) is 30.4 Å². The van der Waals surface area contributed by atoms with Crippen LogP contribution in [0, 0.1) is 17.0 Å². The third-order valence-corrected chi connectivity index (χ3v) is 4.45. The van der Waals surface area contributed by atoms with Gasteiger partial charge in [-0.15, -0.1) is 0 Å². The van der Waals surface area contributed by atoms with Crippen LogP contribution < -0.4 is 4.72 Å². The Balaban J connectivity index is 2.68. The van der Waals surface area contributed by atoms with Crippen molar-refractivity contribution in [1.82, 2.24) is 4.72 Å². The lowest BCUT2D eigenvalue weighted by Gasteiger charge is -2.21. The Morgan fingerprint density at radius 2 is 1.80 bits per heavy atom. The van der Waals surface area contributed by atoms with Crippen LogP contribution in [0.4, 0.5) is 8.78 Å². The lowest BCUT2D eigenvalue weighted by molar-refractivity contribution is 0.148. The maximum absolute atomic E-state index is 13.4. The lowest BCUT2D eigenvalue weighted by Crippen LogP contribution is -2.28. The second-order valence-electron chi connectivity index (χ2n) is 5.37. The summed E-state index contributed by atoms with van der Waals surface area (Å²) >= 11 is 0. The van der Waals surface area contributed by atoms with Gasteiger partial charge in [0.15, 0.2) is 4.90 Å². The van der Waals surface area contributed by atoms with Crippen LogP contribution in [-0.4, -0.2) is 26.7 Å². The Hall–Kier alpha value is -1.05. The highest BCUT2D eigenvalue weighted by molar-refractivity contribution is 7.89. The van der Waals surface area contributed by atoms with E-state index in [2.05, 4.69) is 4.72 Å². The summed E-state index contributed by atoms with van der Waals surface area (Å²) in [6.07, 6.45) is 1.05. The SMILES string of the molecule is CC(C)(CO)CCCNS(=O)(=O)c1c(F)cccc1F. The van der Waals surface area contributed by atoms with E-state index in [1.807, 2.05) is 13.8 Å². The van der Waals surface area contributed by atoms with Crippen LogP contribution in [0.25, 0.3) is 0 Å². The number of benzene rings is 1. The molecule has 2 N–H and O–H groups in total. The smallest absolute Gasteiger partial charge is 0.246 e. The van der Waals surface area contributed by atoms with Gasteiger partial charge in [0.1, 0.15) is 11.6 Å². The Labute approximate surface area is 117 Å². The monoisotopic (exact) mass is 307 g/mol. The fourth-order valence-electron chi connectivity index (χ4n) is 1.66. The molecule has 0 saturated heterocycles. The summed E-state index contributed by atoms with van der Waals surface area (Å²) in [5, 5.41) is 9.07. The van der Waals surface area contributed by atoms with E-state index in [1.54, 1.807) is 0 Å². The van der Waals surface area contributed by atoms with Gasteiger partial charge in [-0.3, -0.25) is 0 Å². The molecule has 1 rings (SSSR count). The van der Waals surface area contributed by atoms with Crippen molar-refractivity contribution in [3.63, 3.8) is 0 Å². The zero-order valence-electron chi connectivity index (χ0n) is 11.5. The summed E-state index contributed by atoms with van der Waals surface area (Å²) in [6.45, 7) is 3.73. The van der Waals surface area contributed by atoms with Crippen LogP contribution in [0.1, 0.15) is 26.7 Å². The van der Waals surface area contributed by atoms with E-state index < -0.39 is 26.6 Å². The summed E-state index contributed by atoms with van der Waals surface area (Å²) in [5.41, 5.74) is -0.311. The van der Waals surface area contributed by atoms with Gasteiger partial charge in [-0.1, -0.05) is 19.9 Å². The first kappa shape index (κ1) is 17.0. The van der Waals surface area contributed by atoms with E-state index in [9.17, 15) is 17.2 Å². The van der Waals surface area contributed by atoms with Crippen LogP contribution in [0.3, 0.4) is 0 Å². The van der Waals surface area contributed by atoms with Gasteiger partial charge in [0.05, 0.1) is 0 Å². The predicted octanol–water partition coefficient (Wildman–Crippen LogP) is 2.04. The van der Waals surface area contributed by atoms with E-state index in [1.165, 1.54) is 0 Å². The summed E-state index contributed by atoms with van der Waals surface area (Å²) in [4.78, 5) is -0.957. The van der Waals surface area contributed by atoms with Crippen LogP contribution in [0.15, 0.2) is 23.1 Å². The first-order valence-electron chi connectivity index (χ1n) is 6.24. The second-order valence-corrected chi connectivity index (χ2v) is 7.08. The van der Waals surface area contributed by atoms with Crippen LogP contribution in [0.2, 0.25) is 0 Å². The number of halogens is 2. The fraction of sp³-hybridized carbons (Fsp3) is 0.538. The van der Waals surface area contributed by atoms with Crippen LogP contribution in [-0.2, 0) is 10.0 Å². The van der Waals surface area contributed by atoms with Crippen LogP contribution in [0.5, 0.6) is 0 Å². The van der Waals surface area contributed by atoms with Gasteiger partial charge in [0.2, 0.25) is 10.0 Å². The molecule has 7 heteroatoms. The normalized spacial score (nSPS) is 12.7. The van der Waals surface area contributed by atoms with Crippen molar-refractivity contribution in [3.05, 3.63) is 29.8 Å². The second kappa shape index (κ2) is 6.60.